The second-order valence-corrected chi connectivity index (χ2v) is 2.95. The first kappa shape index (κ1) is 8.97. The Bertz CT molecular complexity index is 96.3. The molecule has 0 aromatic heterocycles. The lowest BCUT2D eigenvalue weighted by molar-refractivity contribution is 0.0683. The Hall–Kier alpha value is -0.120. The summed E-state index contributed by atoms with van der Waals surface area (Å²) in [6.07, 6.45) is 1.39. The highest BCUT2D eigenvalue weighted by molar-refractivity contribution is 4.67. The Morgan fingerprint density at radius 3 is 3.00 bits per heavy atom. The highest BCUT2D eigenvalue weighted by Crippen LogP contribution is 2.04. The van der Waals surface area contributed by atoms with Crippen molar-refractivity contribution < 1.29 is 4.74 Å². The summed E-state index contributed by atoms with van der Waals surface area (Å²) in [6.45, 7) is 7.02. The van der Waals surface area contributed by atoms with Crippen molar-refractivity contribution in [2.24, 2.45) is 5.73 Å². The molecule has 0 radical (unpaired) electrons. The van der Waals surface area contributed by atoms with Crippen LogP contribution in [0.5, 0.6) is 0 Å². The van der Waals surface area contributed by atoms with Gasteiger partial charge in [-0.05, 0) is 13.0 Å². The van der Waals surface area contributed by atoms with Crippen molar-refractivity contribution in [3.63, 3.8) is 0 Å². The maximum absolute atomic E-state index is 5.52. The van der Waals surface area contributed by atoms with Crippen molar-refractivity contribution in [3.05, 3.63) is 0 Å². The van der Waals surface area contributed by atoms with Gasteiger partial charge in [0.2, 0.25) is 0 Å². The number of nitrogens with two attached hydrogens (primary N) is 1. The third-order valence-corrected chi connectivity index (χ3v) is 2.24. The summed E-state index contributed by atoms with van der Waals surface area (Å²) in [6, 6.07) is 0. The summed E-state index contributed by atoms with van der Waals surface area (Å²) in [4.78, 5) is 2.40. The molecule has 11 heavy (non-hydrogen) atoms. The van der Waals surface area contributed by atoms with E-state index in [1.807, 2.05) is 0 Å². The minimum atomic E-state index is 0.298. The zero-order chi connectivity index (χ0) is 8.10. The molecule has 0 spiro atoms. The molecule has 3 heteroatoms. The Morgan fingerprint density at radius 1 is 1.55 bits per heavy atom. The molecule has 2 N–H and O–H groups in total. The Balaban J connectivity index is 2.27. The van der Waals surface area contributed by atoms with E-state index < -0.39 is 0 Å². The Morgan fingerprint density at radius 2 is 2.36 bits per heavy atom. The van der Waals surface area contributed by atoms with Crippen molar-refractivity contribution in [1.82, 2.24) is 4.90 Å². The minimum absolute atomic E-state index is 0.298. The lowest BCUT2D eigenvalue weighted by Crippen LogP contribution is -2.26. The highest BCUT2D eigenvalue weighted by Gasteiger charge is 2.14. The smallest absolute Gasteiger partial charge is 0.0710 e. The molecular weight excluding hydrogens is 140 g/mol. The Kier molecular flexibility index (Phi) is 3.83. The fourth-order valence-corrected chi connectivity index (χ4v) is 1.37. The molecule has 0 amide bonds. The van der Waals surface area contributed by atoms with Crippen LogP contribution in [0.2, 0.25) is 0 Å². The van der Waals surface area contributed by atoms with E-state index >= 15 is 0 Å². The van der Waals surface area contributed by atoms with Crippen LogP contribution in [0.1, 0.15) is 13.3 Å². The summed E-state index contributed by atoms with van der Waals surface area (Å²) in [5.74, 6) is 0. The van der Waals surface area contributed by atoms with Gasteiger partial charge >= 0.3 is 0 Å². The van der Waals surface area contributed by atoms with Gasteiger partial charge in [-0.3, -0.25) is 0 Å². The fraction of sp³-hybridized carbons (Fsp3) is 1.00. The van der Waals surface area contributed by atoms with Crippen LogP contribution in [0, 0.1) is 0 Å². The van der Waals surface area contributed by atoms with Gasteiger partial charge in [0.1, 0.15) is 0 Å². The van der Waals surface area contributed by atoms with Gasteiger partial charge in [0.15, 0.2) is 0 Å². The van der Waals surface area contributed by atoms with Crippen LogP contribution < -0.4 is 5.73 Å². The molecule has 0 aromatic carbocycles. The molecule has 1 saturated heterocycles. The van der Waals surface area contributed by atoms with E-state index in [1.165, 1.54) is 0 Å². The zero-order valence-corrected chi connectivity index (χ0v) is 7.25. The van der Waals surface area contributed by atoms with Crippen molar-refractivity contribution in [2.75, 3.05) is 32.8 Å². The quantitative estimate of drug-likeness (QED) is 0.617. The molecule has 1 rings (SSSR count). The van der Waals surface area contributed by atoms with Crippen LogP contribution in [0.3, 0.4) is 0 Å². The average molecular weight is 158 g/mol. The molecule has 1 unspecified atom stereocenters. The standard InChI is InChI=1S/C8H18N2O/c1-2-10-4-3-8(7-9)11-6-5-10/h8H,2-7,9H2,1H3. The van der Waals surface area contributed by atoms with E-state index in [0.717, 1.165) is 32.7 Å². The minimum Gasteiger partial charge on any atom is -0.376 e. The number of likely N-dealkylation sites (N-methyl/N-ethyl adjacent to an activating group) is 1. The molecule has 1 aliphatic heterocycles. The predicted octanol–water partition coefficient (Wildman–Crippen LogP) is 0.0559. The summed E-state index contributed by atoms with van der Waals surface area (Å²) in [7, 11) is 0. The lowest BCUT2D eigenvalue weighted by atomic mass is 10.2. The van der Waals surface area contributed by atoms with E-state index in [4.69, 9.17) is 10.5 Å². The molecule has 1 fully saturated rings. The van der Waals surface area contributed by atoms with Crippen LogP contribution in [0.25, 0.3) is 0 Å². The predicted molar refractivity (Wildman–Crippen MR) is 45.5 cm³/mol. The topological polar surface area (TPSA) is 38.5 Å². The third kappa shape index (κ3) is 2.77. The van der Waals surface area contributed by atoms with Crippen molar-refractivity contribution in [2.45, 2.75) is 19.4 Å². The van der Waals surface area contributed by atoms with Crippen molar-refractivity contribution >= 4 is 0 Å². The molecule has 1 atom stereocenters. The van der Waals surface area contributed by atoms with E-state index in [0.29, 0.717) is 12.6 Å². The van der Waals surface area contributed by atoms with Crippen molar-refractivity contribution in [1.29, 1.82) is 0 Å². The SMILES string of the molecule is CCN1CCOC(CN)CC1. The average Bonchev–Trinajstić information content (AvgIpc) is 2.28. The van der Waals surface area contributed by atoms with Gasteiger partial charge in [-0.1, -0.05) is 6.92 Å². The van der Waals surface area contributed by atoms with Crippen LogP contribution >= 0.6 is 0 Å². The second-order valence-electron chi connectivity index (χ2n) is 2.95. The van der Waals surface area contributed by atoms with E-state index in [2.05, 4.69) is 11.8 Å². The largest absolute Gasteiger partial charge is 0.376 e. The summed E-state index contributed by atoms with van der Waals surface area (Å²) in [5, 5.41) is 0. The normalized spacial score (nSPS) is 28.4. The van der Waals surface area contributed by atoms with Gasteiger partial charge < -0.3 is 15.4 Å². The van der Waals surface area contributed by atoms with E-state index in [1.54, 1.807) is 0 Å². The number of hydrogen-bond acceptors (Lipinski definition) is 3. The summed E-state index contributed by atoms with van der Waals surface area (Å²) < 4.78 is 5.52. The van der Waals surface area contributed by atoms with E-state index in [9.17, 15) is 0 Å². The molecule has 66 valence electrons. The molecule has 0 saturated carbocycles. The second kappa shape index (κ2) is 4.70. The molecule has 0 aliphatic carbocycles. The van der Waals surface area contributed by atoms with Crippen LogP contribution in [-0.4, -0.2) is 43.8 Å². The molecule has 0 bridgehead atoms. The molecule has 1 heterocycles. The summed E-state index contributed by atoms with van der Waals surface area (Å²) in [5.41, 5.74) is 5.52. The molecule has 1 aliphatic rings. The van der Waals surface area contributed by atoms with Crippen LogP contribution in [0.4, 0.5) is 0 Å². The highest BCUT2D eigenvalue weighted by atomic mass is 16.5. The summed E-state index contributed by atoms with van der Waals surface area (Å²) >= 11 is 0. The molecule has 0 aromatic rings. The van der Waals surface area contributed by atoms with Gasteiger partial charge in [-0.15, -0.1) is 0 Å². The fourth-order valence-electron chi connectivity index (χ4n) is 1.37. The Labute approximate surface area is 68.5 Å². The number of ether oxygens (including phenoxy) is 1. The number of nitrogens with zero attached hydrogens (tertiary/aromatic N) is 1. The number of rotatable bonds is 2. The third-order valence-electron chi connectivity index (χ3n) is 2.24. The van der Waals surface area contributed by atoms with Crippen molar-refractivity contribution in [3.8, 4) is 0 Å². The van der Waals surface area contributed by atoms with Gasteiger partial charge in [0.05, 0.1) is 12.7 Å². The van der Waals surface area contributed by atoms with Gasteiger partial charge in [0, 0.05) is 19.6 Å². The maximum Gasteiger partial charge on any atom is 0.0710 e. The first-order chi connectivity index (χ1) is 5.36. The van der Waals surface area contributed by atoms with Crippen LogP contribution in [0.15, 0.2) is 0 Å². The lowest BCUT2D eigenvalue weighted by Gasteiger charge is -2.15. The zero-order valence-electron chi connectivity index (χ0n) is 7.25. The first-order valence-corrected chi connectivity index (χ1v) is 4.40. The van der Waals surface area contributed by atoms with Crippen LogP contribution in [-0.2, 0) is 4.74 Å². The first-order valence-electron chi connectivity index (χ1n) is 4.40. The van der Waals surface area contributed by atoms with Gasteiger partial charge in [-0.2, -0.15) is 0 Å². The monoisotopic (exact) mass is 158 g/mol. The van der Waals surface area contributed by atoms with E-state index in [-0.39, 0.29) is 0 Å². The molecular formula is C8H18N2O. The van der Waals surface area contributed by atoms with Gasteiger partial charge in [0.25, 0.3) is 0 Å². The van der Waals surface area contributed by atoms with Gasteiger partial charge in [-0.25, -0.2) is 0 Å². The maximum atomic E-state index is 5.52. The number of hydrogen-bond donors (Lipinski definition) is 1. The molecule has 3 nitrogen and oxygen atoms in total.